The molecule has 3 heteroatoms. The van der Waals surface area contributed by atoms with Crippen LogP contribution in [0.3, 0.4) is 0 Å². The molecule has 1 heterocycles. The van der Waals surface area contributed by atoms with Crippen molar-refractivity contribution in [3.8, 4) is 11.5 Å². The van der Waals surface area contributed by atoms with Crippen LogP contribution in [-0.2, 0) is 0 Å². The van der Waals surface area contributed by atoms with E-state index in [-0.39, 0.29) is 12.6 Å². The molecule has 0 N–H and O–H groups in total. The second kappa shape index (κ2) is 2.76. The Labute approximate surface area is 76.3 Å². The van der Waals surface area contributed by atoms with Gasteiger partial charge in [-0.2, -0.15) is 0 Å². The number of benzene rings is 1. The Kier molecular flexibility index (Phi) is 1.72. The number of rotatable bonds is 1. The molecule has 1 aromatic rings. The van der Waals surface area contributed by atoms with Crippen LogP contribution in [0.25, 0.3) is 0 Å². The van der Waals surface area contributed by atoms with Crippen LogP contribution < -0.4 is 9.47 Å². The largest absolute Gasteiger partial charge is 0.454 e. The third-order valence-electron chi connectivity index (χ3n) is 2.06. The molecule has 68 valence electrons. The minimum absolute atomic E-state index is 0.0430. The molecule has 0 radical (unpaired) electrons. The first-order valence-electron chi connectivity index (χ1n) is 4.09. The van der Waals surface area contributed by atoms with Crippen molar-refractivity contribution in [2.75, 3.05) is 6.79 Å². The van der Waals surface area contributed by atoms with Gasteiger partial charge in [-0.25, -0.2) is 0 Å². The van der Waals surface area contributed by atoms with Crippen LogP contribution >= 0.6 is 0 Å². The monoisotopic (exact) mass is 178 g/mol. The predicted molar refractivity (Wildman–Crippen MR) is 47.3 cm³/mol. The molecule has 0 atom stereocenters. The summed E-state index contributed by atoms with van der Waals surface area (Å²) < 4.78 is 10.4. The number of fused-ring (bicyclic) bond motifs is 1. The van der Waals surface area contributed by atoms with Crippen LogP contribution in [0.15, 0.2) is 12.1 Å². The molecule has 0 aromatic heterocycles. The number of ketones is 1. The van der Waals surface area contributed by atoms with Gasteiger partial charge < -0.3 is 9.47 Å². The summed E-state index contributed by atoms with van der Waals surface area (Å²) in [7, 11) is 0. The molecule has 0 saturated heterocycles. The summed E-state index contributed by atoms with van der Waals surface area (Å²) in [6.45, 7) is 3.69. The summed E-state index contributed by atoms with van der Waals surface area (Å²) in [5.41, 5.74) is 1.61. The minimum Gasteiger partial charge on any atom is -0.454 e. The molecule has 0 fully saturated rings. The molecule has 0 aliphatic carbocycles. The van der Waals surface area contributed by atoms with E-state index in [1.807, 2.05) is 13.0 Å². The van der Waals surface area contributed by atoms with Crippen molar-refractivity contribution >= 4 is 5.78 Å². The molecule has 0 spiro atoms. The summed E-state index contributed by atoms with van der Waals surface area (Å²) in [5.74, 6) is 1.47. The SMILES string of the molecule is CC(=O)c1cc(C)c2c(c1)OCO2. The Balaban J connectivity index is 2.55. The van der Waals surface area contributed by atoms with Gasteiger partial charge in [0.25, 0.3) is 0 Å². The van der Waals surface area contributed by atoms with Gasteiger partial charge in [0.1, 0.15) is 0 Å². The molecule has 1 aromatic carbocycles. The number of aryl methyl sites for hydroxylation is 1. The maximum absolute atomic E-state index is 11.1. The van der Waals surface area contributed by atoms with Crippen molar-refractivity contribution in [1.29, 1.82) is 0 Å². The molecule has 0 saturated carbocycles. The molecule has 2 rings (SSSR count). The lowest BCUT2D eigenvalue weighted by Crippen LogP contribution is -1.93. The Bertz CT molecular complexity index is 369. The molecule has 3 nitrogen and oxygen atoms in total. The van der Waals surface area contributed by atoms with E-state index in [9.17, 15) is 4.79 Å². The van der Waals surface area contributed by atoms with E-state index in [4.69, 9.17) is 9.47 Å². The molecule has 0 unspecified atom stereocenters. The van der Waals surface area contributed by atoms with Gasteiger partial charge in [0, 0.05) is 5.56 Å². The highest BCUT2D eigenvalue weighted by Crippen LogP contribution is 2.36. The number of hydrogen-bond acceptors (Lipinski definition) is 3. The van der Waals surface area contributed by atoms with Crippen molar-refractivity contribution in [3.05, 3.63) is 23.3 Å². The standard InChI is InChI=1S/C10H10O3/c1-6-3-8(7(2)11)4-9-10(6)13-5-12-9/h3-4H,5H2,1-2H3. The first kappa shape index (κ1) is 8.10. The van der Waals surface area contributed by atoms with Gasteiger partial charge in [-0.05, 0) is 31.5 Å². The van der Waals surface area contributed by atoms with Crippen LogP contribution in [0.4, 0.5) is 0 Å². The molecule has 13 heavy (non-hydrogen) atoms. The topological polar surface area (TPSA) is 35.5 Å². The molecular formula is C10H10O3. The Hall–Kier alpha value is -1.51. The molecule has 0 amide bonds. The Morgan fingerprint density at radius 3 is 2.85 bits per heavy atom. The number of carbonyl (C=O) groups excluding carboxylic acids is 1. The fourth-order valence-corrected chi connectivity index (χ4v) is 1.39. The maximum Gasteiger partial charge on any atom is 0.231 e. The van der Waals surface area contributed by atoms with Gasteiger partial charge in [0.05, 0.1) is 0 Å². The first-order valence-corrected chi connectivity index (χ1v) is 4.09. The van der Waals surface area contributed by atoms with Crippen molar-refractivity contribution in [3.63, 3.8) is 0 Å². The maximum atomic E-state index is 11.1. The fourth-order valence-electron chi connectivity index (χ4n) is 1.39. The van der Waals surface area contributed by atoms with Crippen molar-refractivity contribution in [1.82, 2.24) is 0 Å². The smallest absolute Gasteiger partial charge is 0.231 e. The Morgan fingerprint density at radius 1 is 1.38 bits per heavy atom. The zero-order valence-corrected chi connectivity index (χ0v) is 7.59. The fraction of sp³-hybridized carbons (Fsp3) is 0.300. The summed E-state index contributed by atoms with van der Waals surface area (Å²) in [4.78, 5) is 11.1. The van der Waals surface area contributed by atoms with E-state index in [0.717, 1.165) is 11.3 Å². The van der Waals surface area contributed by atoms with Crippen LogP contribution in [0.2, 0.25) is 0 Å². The highest BCUT2D eigenvalue weighted by atomic mass is 16.7. The van der Waals surface area contributed by atoms with Crippen LogP contribution in [0.5, 0.6) is 11.5 Å². The van der Waals surface area contributed by atoms with Gasteiger partial charge in [0.15, 0.2) is 17.3 Å². The average molecular weight is 178 g/mol. The van der Waals surface area contributed by atoms with Gasteiger partial charge in [0.2, 0.25) is 6.79 Å². The first-order chi connectivity index (χ1) is 6.18. The third kappa shape index (κ3) is 1.26. The molecule has 1 aliphatic heterocycles. The minimum atomic E-state index is 0.0430. The second-order valence-electron chi connectivity index (χ2n) is 3.08. The number of carbonyl (C=O) groups is 1. The van der Waals surface area contributed by atoms with E-state index in [2.05, 4.69) is 0 Å². The lowest BCUT2D eigenvalue weighted by Gasteiger charge is -2.02. The van der Waals surface area contributed by atoms with Gasteiger partial charge >= 0.3 is 0 Å². The second-order valence-corrected chi connectivity index (χ2v) is 3.08. The van der Waals surface area contributed by atoms with Crippen molar-refractivity contribution < 1.29 is 14.3 Å². The summed E-state index contributed by atoms with van der Waals surface area (Å²) in [6.07, 6.45) is 0. The van der Waals surface area contributed by atoms with Gasteiger partial charge in [-0.15, -0.1) is 0 Å². The zero-order valence-electron chi connectivity index (χ0n) is 7.59. The molecule has 0 bridgehead atoms. The normalized spacial score (nSPS) is 13.1. The third-order valence-corrected chi connectivity index (χ3v) is 2.06. The molecule has 1 aliphatic rings. The number of ether oxygens (including phenoxy) is 2. The lowest BCUT2D eigenvalue weighted by molar-refractivity contribution is 0.101. The number of hydrogen-bond donors (Lipinski definition) is 0. The highest BCUT2D eigenvalue weighted by Gasteiger charge is 2.17. The van der Waals surface area contributed by atoms with E-state index in [1.165, 1.54) is 6.92 Å². The van der Waals surface area contributed by atoms with E-state index < -0.39 is 0 Å². The van der Waals surface area contributed by atoms with Crippen LogP contribution in [-0.4, -0.2) is 12.6 Å². The van der Waals surface area contributed by atoms with Crippen molar-refractivity contribution in [2.45, 2.75) is 13.8 Å². The van der Waals surface area contributed by atoms with Crippen LogP contribution in [0, 0.1) is 6.92 Å². The van der Waals surface area contributed by atoms with E-state index in [0.29, 0.717) is 11.3 Å². The quantitative estimate of drug-likeness (QED) is 0.616. The molecular weight excluding hydrogens is 168 g/mol. The lowest BCUT2D eigenvalue weighted by atomic mass is 10.1. The van der Waals surface area contributed by atoms with E-state index in [1.54, 1.807) is 6.07 Å². The van der Waals surface area contributed by atoms with E-state index >= 15 is 0 Å². The summed E-state index contributed by atoms with van der Waals surface area (Å²) in [5, 5.41) is 0. The Morgan fingerprint density at radius 2 is 2.15 bits per heavy atom. The summed E-state index contributed by atoms with van der Waals surface area (Å²) in [6, 6.07) is 3.54. The van der Waals surface area contributed by atoms with Gasteiger partial charge in [-0.1, -0.05) is 0 Å². The number of Topliss-reactive ketones (excluding diaryl/α,β-unsaturated/α-hetero) is 1. The van der Waals surface area contributed by atoms with Crippen LogP contribution in [0.1, 0.15) is 22.8 Å². The summed E-state index contributed by atoms with van der Waals surface area (Å²) >= 11 is 0. The highest BCUT2D eigenvalue weighted by molar-refractivity contribution is 5.95. The average Bonchev–Trinajstić information content (AvgIpc) is 2.51. The van der Waals surface area contributed by atoms with Gasteiger partial charge in [-0.3, -0.25) is 4.79 Å². The van der Waals surface area contributed by atoms with Crippen molar-refractivity contribution in [2.24, 2.45) is 0 Å². The zero-order chi connectivity index (χ0) is 9.42. The predicted octanol–water partition coefficient (Wildman–Crippen LogP) is 1.93.